The Labute approximate surface area is 159 Å². The van der Waals surface area contributed by atoms with Gasteiger partial charge in [-0.15, -0.1) is 0 Å². The fourth-order valence-electron chi connectivity index (χ4n) is 4.55. The van der Waals surface area contributed by atoms with Gasteiger partial charge in [-0.2, -0.15) is 0 Å². The number of aromatic nitrogens is 2. The first-order chi connectivity index (χ1) is 12.7. The summed E-state index contributed by atoms with van der Waals surface area (Å²) in [7, 11) is 1.75. The van der Waals surface area contributed by atoms with E-state index < -0.39 is 17.4 Å². The Morgan fingerprint density at radius 3 is 2.89 bits per heavy atom. The van der Waals surface area contributed by atoms with Crippen LogP contribution in [0.25, 0.3) is 0 Å². The minimum atomic E-state index is -0.650. The number of hydrogen-bond acceptors (Lipinski definition) is 5. The minimum Gasteiger partial charge on any atom is -0.360 e. The van der Waals surface area contributed by atoms with E-state index >= 15 is 0 Å². The minimum absolute atomic E-state index is 0.00400. The average Bonchev–Trinajstić information content (AvgIpc) is 3.22. The van der Waals surface area contributed by atoms with Crippen LogP contribution in [0.5, 0.6) is 0 Å². The van der Waals surface area contributed by atoms with Crippen molar-refractivity contribution in [2.45, 2.75) is 39.0 Å². The first-order valence-electron chi connectivity index (χ1n) is 9.36. The maximum atomic E-state index is 13.2. The second kappa shape index (κ2) is 6.12. The number of ether oxygens (including phenoxy) is 1. The van der Waals surface area contributed by atoms with Crippen molar-refractivity contribution in [2.75, 3.05) is 20.1 Å². The highest BCUT2D eigenvalue weighted by molar-refractivity contribution is 5.93. The summed E-state index contributed by atoms with van der Waals surface area (Å²) in [6, 6.07) is 1.79. The van der Waals surface area contributed by atoms with E-state index in [1.165, 1.54) is 6.33 Å². The average molecular weight is 370 g/mol. The monoisotopic (exact) mass is 370 g/mol. The summed E-state index contributed by atoms with van der Waals surface area (Å²) < 4.78 is 6.19. The lowest BCUT2D eigenvalue weighted by molar-refractivity contribution is -0.143. The Morgan fingerprint density at radius 2 is 2.22 bits per heavy atom. The molecule has 1 aromatic rings. The highest BCUT2D eigenvalue weighted by atomic mass is 16.5. The number of hydrogen-bond donors (Lipinski definition) is 0. The van der Waals surface area contributed by atoms with Crippen LogP contribution in [0.1, 0.15) is 26.5 Å². The van der Waals surface area contributed by atoms with Gasteiger partial charge in [-0.3, -0.25) is 9.59 Å². The predicted octanol–water partition coefficient (Wildman–Crippen LogP) is 1.26. The number of nitrogens with zero attached hydrogens (tertiary/aromatic N) is 4. The summed E-state index contributed by atoms with van der Waals surface area (Å²) in [5.74, 6) is -0.944. The molecule has 0 aromatic carbocycles. The summed E-state index contributed by atoms with van der Waals surface area (Å²) >= 11 is 0. The van der Waals surface area contributed by atoms with E-state index in [2.05, 4.69) is 30.7 Å². The van der Waals surface area contributed by atoms with Gasteiger partial charge in [-0.1, -0.05) is 32.9 Å². The first kappa shape index (κ1) is 18.1. The highest BCUT2D eigenvalue weighted by Gasteiger charge is 2.67. The molecule has 0 aliphatic carbocycles. The predicted molar refractivity (Wildman–Crippen MR) is 98.3 cm³/mol. The summed E-state index contributed by atoms with van der Waals surface area (Å²) in [6.45, 7) is 7.90. The van der Waals surface area contributed by atoms with Crippen LogP contribution in [-0.2, 0) is 20.9 Å². The molecule has 7 heteroatoms. The standard InChI is InChI=1S/C20H26N4O3/c1-19(2,3)10-24-11-20-7-5-14(27-20)15(16(20)18(24)26)17(25)23(4)9-13-6-8-21-12-22-13/h5-8,12,14-16H,9-11H2,1-4H3/t14-,15?,16?,20-/m0/s1. The fourth-order valence-corrected chi connectivity index (χ4v) is 4.55. The Kier molecular flexibility index (Phi) is 4.10. The van der Waals surface area contributed by atoms with Crippen molar-refractivity contribution >= 4 is 11.8 Å². The molecule has 1 spiro atoms. The van der Waals surface area contributed by atoms with Crippen LogP contribution in [-0.4, -0.2) is 63.4 Å². The molecule has 2 fully saturated rings. The van der Waals surface area contributed by atoms with Crippen LogP contribution in [0.4, 0.5) is 0 Å². The van der Waals surface area contributed by atoms with Crippen LogP contribution in [0, 0.1) is 17.3 Å². The molecule has 3 aliphatic heterocycles. The Morgan fingerprint density at radius 1 is 1.44 bits per heavy atom. The summed E-state index contributed by atoms with van der Waals surface area (Å²) in [6.07, 6.45) is 6.75. The van der Waals surface area contributed by atoms with Crippen LogP contribution >= 0.6 is 0 Å². The lowest BCUT2D eigenvalue weighted by Gasteiger charge is -2.29. The van der Waals surface area contributed by atoms with Crippen molar-refractivity contribution < 1.29 is 14.3 Å². The van der Waals surface area contributed by atoms with Gasteiger partial charge in [0.25, 0.3) is 0 Å². The number of likely N-dealkylation sites (tertiary alicyclic amines) is 1. The molecule has 2 saturated heterocycles. The molecule has 4 heterocycles. The van der Waals surface area contributed by atoms with Gasteiger partial charge in [-0.25, -0.2) is 9.97 Å². The first-order valence-corrected chi connectivity index (χ1v) is 9.36. The molecule has 2 bridgehead atoms. The third-order valence-corrected chi connectivity index (χ3v) is 5.55. The molecule has 144 valence electrons. The van der Waals surface area contributed by atoms with Crippen LogP contribution < -0.4 is 0 Å². The van der Waals surface area contributed by atoms with Gasteiger partial charge in [-0.05, 0) is 11.5 Å². The smallest absolute Gasteiger partial charge is 0.230 e. The van der Waals surface area contributed by atoms with Crippen molar-refractivity contribution in [1.29, 1.82) is 0 Å². The van der Waals surface area contributed by atoms with Crippen molar-refractivity contribution in [2.24, 2.45) is 17.3 Å². The molecule has 2 unspecified atom stereocenters. The summed E-state index contributed by atoms with van der Waals surface area (Å²) in [4.78, 5) is 38.0. The van der Waals surface area contributed by atoms with Crippen molar-refractivity contribution in [3.63, 3.8) is 0 Å². The number of amides is 2. The Balaban J connectivity index is 1.55. The molecule has 4 atom stereocenters. The second-order valence-corrected chi connectivity index (χ2v) is 9.05. The quantitative estimate of drug-likeness (QED) is 0.746. The third kappa shape index (κ3) is 3.04. The molecule has 2 amide bonds. The number of fused-ring (bicyclic) bond motifs is 1. The fraction of sp³-hybridized carbons (Fsp3) is 0.600. The van der Waals surface area contributed by atoms with Crippen molar-refractivity contribution in [3.05, 3.63) is 36.4 Å². The van der Waals surface area contributed by atoms with Gasteiger partial charge >= 0.3 is 0 Å². The van der Waals surface area contributed by atoms with Gasteiger partial charge in [0, 0.05) is 19.8 Å². The van der Waals surface area contributed by atoms with Gasteiger partial charge in [0.15, 0.2) is 0 Å². The van der Waals surface area contributed by atoms with E-state index in [9.17, 15) is 9.59 Å². The molecular formula is C20H26N4O3. The number of carbonyl (C=O) groups is 2. The molecule has 1 aromatic heterocycles. The normalized spacial score (nSPS) is 31.5. The van der Waals surface area contributed by atoms with Crippen molar-refractivity contribution in [1.82, 2.24) is 19.8 Å². The molecule has 27 heavy (non-hydrogen) atoms. The molecule has 0 N–H and O–H groups in total. The second-order valence-electron chi connectivity index (χ2n) is 9.05. The van der Waals surface area contributed by atoms with E-state index in [0.29, 0.717) is 19.6 Å². The molecule has 0 radical (unpaired) electrons. The molecule has 4 rings (SSSR count). The number of rotatable bonds is 4. The van der Waals surface area contributed by atoms with Gasteiger partial charge < -0.3 is 14.5 Å². The third-order valence-electron chi connectivity index (χ3n) is 5.55. The summed E-state index contributed by atoms with van der Waals surface area (Å²) in [5, 5.41) is 0. The van der Waals surface area contributed by atoms with Gasteiger partial charge in [0.05, 0.1) is 36.7 Å². The SMILES string of the molecule is CN(Cc1ccncn1)C(=O)C1C2C(=O)N(CC(C)(C)C)C[C@@]23C=C[C@@H]1O3. The maximum absolute atomic E-state index is 13.2. The van der Waals surface area contributed by atoms with Crippen LogP contribution in [0.2, 0.25) is 0 Å². The molecule has 3 aliphatic rings. The van der Waals surface area contributed by atoms with E-state index in [0.717, 1.165) is 5.69 Å². The lowest BCUT2D eigenvalue weighted by atomic mass is 9.76. The van der Waals surface area contributed by atoms with E-state index in [1.807, 2.05) is 17.1 Å². The summed E-state index contributed by atoms with van der Waals surface area (Å²) in [5.41, 5.74) is 0.112. The van der Waals surface area contributed by atoms with E-state index in [4.69, 9.17) is 4.74 Å². The van der Waals surface area contributed by atoms with E-state index in [1.54, 1.807) is 24.2 Å². The maximum Gasteiger partial charge on any atom is 0.230 e. The van der Waals surface area contributed by atoms with E-state index in [-0.39, 0.29) is 23.3 Å². The lowest BCUT2D eigenvalue weighted by Crippen LogP contribution is -2.45. The highest BCUT2D eigenvalue weighted by Crippen LogP contribution is 2.52. The molecular weight excluding hydrogens is 344 g/mol. The zero-order chi connectivity index (χ0) is 19.4. The van der Waals surface area contributed by atoms with Gasteiger partial charge in [0.1, 0.15) is 11.9 Å². The topological polar surface area (TPSA) is 75.6 Å². The molecule has 7 nitrogen and oxygen atoms in total. The van der Waals surface area contributed by atoms with Crippen LogP contribution in [0.3, 0.4) is 0 Å². The van der Waals surface area contributed by atoms with Crippen LogP contribution in [0.15, 0.2) is 30.7 Å². The Bertz CT molecular complexity index is 788. The van der Waals surface area contributed by atoms with Gasteiger partial charge in [0.2, 0.25) is 11.8 Å². The largest absolute Gasteiger partial charge is 0.360 e. The Hall–Kier alpha value is -2.28. The zero-order valence-electron chi connectivity index (χ0n) is 16.3. The zero-order valence-corrected chi connectivity index (χ0v) is 16.3. The number of carbonyl (C=O) groups excluding carboxylic acids is 2. The molecule has 0 saturated carbocycles. The van der Waals surface area contributed by atoms with Crippen molar-refractivity contribution in [3.8, 4) is 0 Å².